The predicted molar refractivity (Wildman–Crippen MR) is 96.6 cm³/mol. The van der Waals surface area contributed by atoms with Gasteiger partial charge in [-0.05, 0) is 36.2 Å². The summed E-state index contributed by atoms with van der Waals surface area (Å²) >= 11 is 0. The standard InChI is InChI=1S/C20H26N2O/c1-16(2)18-9-11-19(12-10-18)21-20(23)13-14-22(3)15-17-7-5-4-6-8-17/h4-12,16H,13-15H2,1-3H3,(H,21,23). The van der Waals surface area contributed by atoms with Crippen molar-refractivity contribution in [1.29, 1.82) is 0 Å². The monoisotopic (exact) mass is 310 g/mol. The third-order valence-electron chi connectivity index (χ3n) is 3.88. The molecule has 0 aliphatic heterocycles. The third-order valence-corrected chi connectivity index (χ3v) is 3.88. The number of rotatable bonds is 7. The Morgan fingerprint density at radius 2 is 1.70 bits per heavy atom. The molecule has 0 fully saturated rings. The highest BCUT2D eigenvalue weighted by Crippen LogP contribution is 2.17. The minimum atomic E-state index is 0.0576. The first-order valence-corrected chi connectivity index (χ1v) is 8.17. The minimum absolute atomic E-state index is 0.0576. The predicted octanol–water partition coefficient (Wildman–Crippen LogP) is 4.27. The Kier molecular flexibility index (Phi) is 6.36. The summed E-state index contributed by atoms with van der Waals surface area (Å²) in [6, 6.07) is 18.4. The number of amides is 1. The zero-order valence-electron chi connectivity index (χ0n) is 14.3. The van der Waals surface area contributed by atoms with Crippen LogP contribution in [0.5, 0.6) is 0 Å². The molecule has 0 radical (unpaired) electrons. The highest BCUT2D eigenvalue weighted by molar-refractivity contribution is 5.90. The summed E-state index contributed by atoms with van der Waals surface area (Å²) < 4.78 is 0. The molecule has 0 saturated heterocycles. The molecule has 0 spiro atoms. The summed E-state index contributed by atoms with van der Waals surface area (Å²) in [5, 5.41) is 2.96. The molecule has 3 heteroatoms. The van der Waals surface area contributed by atoms with Gasteiger partial charge in [0.1, 0.15) is 0 Å². The zero-order chi connectivity index (χ0) is 16.7. The van der Waals surface area contributed by atoms with Gasteiger partial charge >= 0.3 is 0 Å². The van der Waals surface area contributed by atoms with E-state index in [2.05, 4.69) is 48.3 Å². The molecule has 0 aliphatic carbocycles. The van der Waals surface area contributed by atoms with Gasteiger partial charge in [0.15, 0.2) is 0 Å². The summed E-state index contributed by atoms with van der Waals surface area (Å²) in [6.45, 7) is 5.92. The summed E-state index contributed by atoms with van der Waals surface area (Å²) in [5.41, 5.74) is 3.41. The Labute approximate surface area is 139 Å². The van der Waals surface area contributed by atoms with Gasteiger partial charge in [-0.3, -0.25) is 4.79 Å². The topological polar surface area (TPSA) is 32.3 Å². The smallest absolute Gasteiger partial charge is 0.225 e. The zero-order valence-corrected chi connectivity index (χ0v) is 14.3. The van der Waals surface area contributed by atoms with E-state index in [4.69, 9.17) is 0 Å². The molecule has 1 N–H and O–H groups in total. The van der Waals surface area contributed by atoms with Gasteiger partial charge in [0, 0.05) is 25.2 Å². The number of benzene rings is 2. The molecule has 2 aromatic rings. The molecular weight excluding hydrogens is 284 g/mol. The Morgan fingerprint density at radius 1 is 1.04 bits per heavy atom. The van der Waals surface area contributed by atoms with E-state index in [1.165, 1.54) is 11.1 Å². The lowest BCUT2D eigenvalue weighted by molar-refractivity contribution is -0.116. The lowest BCUT2D eigenvalue weighted by Gasteiger charge is -2.16. The minimum Gasteiger partial charge on any atom is -0.326 e. The number of nitrogens with zero attached hydrogens (tertiary/aromatic N) is 1. The van der Waals surface area contributed by atoms with Gasteiger partial charge in [0.2, 0.25) is 5.91 Å². The second-order valence-corrected chi connectivity index (χ2v) is 6.30. The Morgan fingerprint density at radius 3 is 2.30 bits per heavy atom. The van der Waals surface area contributed by atoms with E-state index in [-0.39, 0.29) is 5.91 Å². The van der Waals surface area contributed by atoms with Crippen LogP contribution in [-0.2, 0) is 11.3 Å². The van der Waals surface area contributed by atoms with Crippen LogP contribution >= 0.6 is 0 Å². The largest absolute Gasteiger partial charge is 0.326 e. The molecule has 2 aromatic carbocycles. The average molecular weight is 310 g/mol. The Hall–Kier alpha value is -2.13. The van der Waals surface area contributed by atoms with E-state index >= 15 is 0 Å². The van der Waals surface area contributed by atoms with Gasteiger partial charge in [-0.25, -0.2) is 0 Å². The maximum absolute atomic E-state index is 12.1. The van der Waals surface area contributed by atoms with Crippen LogP contribution in [0.4, 0.5) is 5.69 Å². The van der Waals surface area contributed by atoms with Crippen molar-refractivity contribution in [2.24, 2.45) is 0 Å². The molecule has 23 heavy (non-hydrogen) atoms. The lowest BCUT2D eigenvalue weighted by Crippen LogP contribution is -2.24. The van der Waals surface area contributed by atoms with E-state index in [0.29, 0.717) is 12.3 Å². The van der Waals surface area contributed by atoms with E-state index in [1.54, 1.807) is 0 Å². The maximum atomic E-state index is 12.1. The van der Waals surface area contributed by atoms with Crippen molar-refractivity contribution in [2.45, 2.75) is 32.7 Å². The fraction of sp³-hybridized carbons (Fsp3) is 0.350. The molecule has 0 saturated carbocycles. The molecule has 0 atom stereocenters. The number of carbonyl (C=O) groups is 1. The van der Waals surface area contributed by atoms with Crippen molar-refractivity contribution in [2.75, 3.05) is 18.9 Å². The molecule has 0 aliphatic rings. The van der Waals surface area contributed by atoms with Crippen LogP contribution in [0.1, 0.15) is 37.3 Å². The molecule has 0 bridgehead atoms. The lowest BCUT2D eigenvalue weighted by atomic mass is 10.0. The van der Waals surface area contributed by atoms with Crippen molar-refractivity contribution in [3.05, 3.63) is 65.7 Å². The summed E-state index contributed by atoms with van der Waals surface area (Å²) in [7, 11) is 2.04. The third kappa shape index (κ3) is 5.87. The molecule has 1 amide bonds. The molecular formula is C20H26N2O. The maximum Gasteiger partial charge on any atom is 0.225 e. The van der Waals surface area contributed by atoms with Crippen LogP contribution in [-0.4, -0.2) is 24.4 Å². The fourth-order valence-corrected chi connectivity index (χ4v) is 2.44. The number of anilines is 1. The first-order valence-electron chi connectivity index (χ1n) is 8.17. The van der Waals surface area contributed by atoms with E-state index in [1.807, 2.05) is 37.4 Å². The number of carbonyl (C=O) groups excluding carboxylic acids is 1. The Balaban J connectivity index is 1.76. The number of nitrogens with one attached hydrogen (secondary N) is 1. The van der Waals surface area contributed by atoms with Gasteiger partial charge in [0.05, 0.1) is 0 Å². The van der Waals surface area contributed by atoms with Crippen LogP contribution in [0.2, 0.25) is 0 Å². The molecule has 0 unspecified atom stereocenters. The molecule has 2 rings (SSSR count). The van der Waals surface area contributed by atoms with Crippen molar-refractivity contribution in [3.8, 4) is 0 Å². The van der Waals surface area contributed by atoms with Crippen LogP contribution in [0.3, 0.4) is 0 Å². The van der Waals surface area contributed by atoms with Crippen molar-refractivity contribution < 1.29 is 4.79 Å². The fourth-order valence-electron chi connectivity index (χ4n) is 2.44. The average Bonchev–Trinajstić information content (AvgIpc) is 2.54. The highest BCUT2D eigenvalue weighted by atomic mass is 16.1. The SMILES string of the molecule is CC(C)c1ccc(NC(=O)CCN(C)Cc2ccccc2)cc1. The van der Waals surface area contributed by atoms with E-state index in [0.717, 1.165) is 18.8 Å². The van der Waals surface area contributed by atoms with E-state index < -0.39 is 0 Å². The molecule has 0 aromatic heterocycles. The molecule has 122 valence electrons. The Bertz CT molecular complexity index is 605. The van der Waals surface area contributed by atoms with Gasteiger partial charge in [-0.2, -0.15) is 0 Å². The van der Waals surface area contributed by atoms with Gasteiger partial charge in [-0.15, -0.1) is 0 Å². The first kappa shape index (κ1) is 17.2. The molecule has 0 heterocycles. The summed E-state index contributed by atoms with van der Waals surface area (Å²) in [4.78, 5) is 14.2. The first-order chi connectivity index (χ1) is 11.0. The van der Waals surface area contributed by atoms with Crippen LogP contribution < -0.4 is 5.32 Å². The summed E-state index contributed by atoms with van der Waals surface area (Å²) in [5.74, 6) is 0.564. The second kappa shape index (κ2) is 8.49. The number of hydrogen-bond donors (Lipinski definition) is 1. The van der Waals surface area contributed by atoms with Gasteiger partial charge < -0.3 is 10.2 Å². The van der Waals surface area contributed by atoms with Crippen LogP contribution in [0.25, 0.3) is 0 Å². The van der Waals surface area contributed by atoms with Gasteiger partial charge in [-0.1, -0.05) is 56.3 Å². The van der Waals surface area contributed by atoms with Crippen molar-refractivity contribution >= 4 is 11.6 Å². The van der Waals surface area contributed by atoms with Gasteiger partial charge in [0.25, 0.3) is 0 Å². The quantitative estimate of drug-likeness (QED) is 0.828. The van der Waals surface area contributed by atoms with Crippen molar-refractivity contribution in [3.63, 3.8) is 0 Å². The van der Waals surface area contributed by atoms with Crippen LogP contribution in [0, 0.1) is 0 Å². The molecule has 3 nitrogen and oxygen atoms in total. The van der Waals surface area contributed by atoms with E-state index in [9.17, 15) is 4.79 Å². The highest BCUT2D eigenvalue weighted by Gasteiger charge is 2.06. The van der Waals surface area contributed by atoms with Crippen molar-refractivity contribution in [1.82, 2.24) is 4.90 Å². The summed E-state index contributed by atoms with van der Waals surface area (Å²) in [6.07, 6.45) is 0.495. The second-order valence-electron chi connectivity index (χ2n) is 6.30. The number of hydrogen-bond acceptors (Lipinski definition) is 2. The normalized spacial score (nSPS) is 11.0. The van der Waals surface area contributed by atoms with Crippen LogP contribution in [0.15, 0.2) is 54.6 Å².